The fourth-order valence-corrected chi connectivity index (χ4v) is 2.95. The van der Waals surface area contributed by atoms with Gasteiger partial charge in [-0.2, -0.15) is 0 Å². The number of hydrogen-bond donors (Lipinski definition) is 2. The van der Waals surface area contributed by atoms with Crippen molar-refractivity contribution in [2.75, 3.05) is 26.7 Å². The molecule has 0 unspecified atom stereocenters. The van der Waals surface area contributed by atoms with E-state index >= 15 is 0 Å². The molecular formula is C17H26N4O2S. The zero-order valence-corrected chi connectivity index (χ0v) is 15.2. The molecule has 7 heteroatoms. The molecule has 0 aromatic carbocycles. The highest BCUT2D eigenvalue weighted by atomic mass is 32.1. The molecule has 2 N–H and O–H groups in total. The number of furan rings is 1. The molecule has 2 heterocycles. The quantitative estimate of drug-likeness (QED) is 0.391. The summed E-state index contributed by atoms with van der Waals surface area (Å²) < 4.78 is 10.8. The molecule has 0 saturated heterocycles. The van der Waals surface area contributed by atoms with Gasteiger partial charge in [0.15, 0.2) is 5.96 Å². The summed E-state index contributed by atoms with van der Waals surface area (Å²) in [6.07, 6.45) is 6.50. The molecule has 0 bridgehead atoms. The number of aliphatic imine (C=N–C) groups is 1. The maximum Gasteiger partial charge on any atom is 0.190 e. The Hall–Kier alpha value is -1.86. The largest absolute Gasteiger partial charge is 0.467 e. The summed E-state index contributed by atoms with van der Waals surface area (Å²) in [5, 5.41) is 7.76. The molecule has 132 valence electrons. The van der Waals surface area contributed by atoms with Crippen LogP contribution in [0.1, 0.15) is 29.0 Å². The second kappa shape index (κ2) is 10.8. The van der Waals surface area contributed by atoms with Gasteiger partial charge in [0.25, 0.3) is 0 Å². The van der Waals surface area contributed by atoms with Crippen molar-refractivity contribution in [3.63, 3.8) is 0 Å². The topological polar surface area (TPSA) is 71.7 Å². The number of ether oxygens (including phenoxy) is 1. The minimum absolute atomic E-state index is 0.521. The van der Waals surface area contributed by atoms with Gasteiger partial charge in [-0.1, -0.05) is 6.92 Å². The van der Waals surface area contributed by atoms with E-state index in [2.05, 4.69) is 27.5 Å². The number of aryl methyl sites for hydroxylation is 1. The molecule has 0 radical (unpaired) electrons. The van der Waals surface area contributed by atoms with E-state index in [4.69, 9.17) is 9.15 Å². The first-order valence-corrected chi connectivity index (χ1v) is 9.11. The Labute approximate surface area is 147 Å². The molecule has 6 nitrogen and oxygen atoms in total. The average molecular weight is 350 g/mol. The Bertz CT molecular complexity index is 596. The molecule has 0 spiro atoms. The van der Waals surface area contributed by atoms with Gasteiger partial charge in [0, 0.05) is 44.2 Å². The molecule has 0 atom stereocenters. The number of rotatable bonds is 10. The highest BCUT2D eigenvalue weighted by Crippen LogP contribution is 2.13. The third-order valence-corrected chi connectivity index (χ3v) is 4.59. The third kappa shape index (κ3) is 6.72. The molecule has 24 heavy (non-hydrogen) atoms. The Morgan fingerprint density at radius 1 is 1.38 bits per heavy atom. The van der Waals surface area contributed by atoms with Gasteiger partial charge in [-0.25, -0.2) is 4.98 Å². The van der Waals surface area contributed by atoms with Gasteiger partial charge in [0.2, 0.25) is 0 Å². The highest BCUT2D eigenvalue weighted by molar-refractivity contribution is 7.11. The second-order valence-electron chi connectivity index (χ2n) is 5.24. The van der Waals surface area contributed by atoms with E-state index in [1.807, 2.05) is 18.3 Å². The molecule has 2 aromatic heterocycles. The number of hydrogen-bond acceptors (Lipinski definition) is 5. The Morgan fingerprint density at radius 2 is 2.25 bits per heavy atom. The summed E-state index contributed by atoms with van der Waals surface area (Å²) in [5.74, 6) is 1.67. The predicted octanol–water partition coefficient (Wildman–Crippen LogP) is 2.61. The molecule has 2 rings (SSSR count). The number of nitrogens with one attached hydrogen (secondary N) is 2. The van der Waals surface area contributed by atoms with Crippen LogP contribution in [0.15, 0.2) is 34.0 Å². The minimum Gasteiger partial charge on any atom is -0.467 e. The first-order chi connectivity index (χ1) is 11.8. The van der Waals surface area contributed by atoms with Crippen molar-refractivity contribution in [3.8, 4) is 0 Å². The van der Waals surface area contributed by atoms with Gasteiger partial charge in [-0.15, -0.1) is 11.3 Å². The normalized spacial score (nSPS) is 11.7. The lowest BCUT2D eigenvalue weighted by molar-refractivity contribution is 0.105. The highest BCUT2D eigenvalue weighted by Gasteiger charge is 2.02. The van der Waals surface area contributed by atoms with Crippen molar-refractivity contribution in [2.24, 2.45) is 4.99 Å². The van der Waals surface area contributed by atoms with Crippen molar-refractivity contribution in [2.45, 2.75) is 32.8 Å². The zero-order chi connectivity index (χ0) is 17.0. The first-order valence-electron chi connectivity index (χ1n) is 8.30. The second-order valence-corrected chi connectivity index (χ2v) is 6.43. The smallest absolute Gasteiger partial charge is 0.190 e. The van der Waals surface area contributed by atoms with Crippen LogP contribution in [-0.4, -0.2) is 37.7 Å². The number of nitrogens with zero attached hydrogens (tertiary/aromatic N) is 2. The van der Waals surface area contributed by atoms with Crippen molar-refractivity contribution < 1.29 is 9.15 Å². The van der Waals surface area contributed by atoms with E-state index in [1.54, 1.807) is 24.6 Å². The molecule has 0 aliphatic carbocycles. The fraction of sp³-hybridized carbons (Fsp3) is 0.529. The lowest BCUT2D eigenvalue weighted by Gasteiger charge is -2.11. The summed E-state index contributed by atoms with van der Waals surface area (Å²) >= 11 is 1.78. The van der Waals surface area contributed by atoms with Crippen LogP contribution in [0.3, 0.4) is 0 Å². The number of aromatic nitrogens is 1. The van der Waals surface area contributed by atoms with Crippen molar-refractivity contribution >= 4 is 17.3 Å². The lowest BCUT2D eigenvalue weighted by atomic mass is 10.4. The Balaban J connectivity index is 1.52. The van der Waals surface area contributed by atoms with Crippen LogP contribution in [0.2, 0.25) is 0 Å². The Morgan fingerprint density at radius 3 is 2.96 bits per heavy atom. The molecule has 0 aliphatic rings. The summed E-state index contributed by atoms with van der Waals surface area (Å²) in [6, 6.07) is 3.78. The van der Waals surface area contributed by atoms with E-state index in [-0.39, 0.29) is 0 Å². The van der Waals surface area contributed by atoms with Crippen LogP contribution in [0.5, 0.6) is 0 Å². The molecular weight excluding hydrogens is 324 g/mol. The molecule has 0 saturated carbocycles. The summed E-state index contributed by atoms with van der Waals surface area (Å²) in [4.78, 5) is 9.98. The fourth-order valence-electron chi connectivity index (χ4n) is 2.08. The van der Waals surface area contributed by atoms with Gasteiger partial charge in [-0.05, 0) is 25.0 Å². The van der Waals surface area contributed by atoms with Crippen molar-refractivity contribution in [1.82, 2.24) is 15.6 Å². The number of guanidine groups is 1. The van der Waals surface area contributed by atoms with E-state index in [1.165, 1.54) is 9.88 Å². The maximum atomic E-state index is 5.54. The van der Waals surface area contributed by atoms with Gasteiger partial charge in [-0.3, -0.25) is 4.99 Å². The SMILES string of the molecule is CCc1cnc(CCNC(=NC)NCCCOCc2ccco2)s1. The van der Waals surface area contributed by atoms with Crippen LogP contribution in [0.4, 0.5) is 0 Å². The summed E-state index contributed by atoms with van der Waals surface area (Å²) in [5.41, 5.74) is 0. The van der Waals surface area contributed by atoms with Crippen LogP contribution in [0.25, 0.3) is 0 Å². The first kappa shape index (κ1) is 18.5. The van der Waals surface area contributed by atoms with Crippen LogP contribution in [0, 0.1) is 0 Å². The average Bonchev–Trinajstić information content (AvgIpc) is 3.27. The van der Waals surface area contributed by atoms with Gasteiger partial charge in [0.1, 0.15) is 12.4 Å². The number of thiazole rings is 1. The maximum absolute atomic E-state index is 5.54. The molecule has 2 aromatic rings. The van der Waals surface area contributed by atoms with E-state index in [9.17, 15) is 0 Å². The van der Waals surface area contributed by atoms with Crippen LogP contribution < -0.4 is 10.6 Å². The molecule has 0 amide bonds. The van der Waals surface area contributed by atoms with Gasteiger partial charge < -0.3 is 19.8 Å². The molecule has 0 aliphatic heterocycles. The third-order valence-electron chi connectivity index (χ3n) is 3.39. The summed E-state index contributed by atoms with van der Waals surface area (Å²) in [6.45, 7) is 5.00. The molecule has 0 fully saturated rings. The van der Waals surface area contributed by atoms with Crippen LogP contribution in [-0.2, 0) is 24.2 Å². The minimum atomic E-state index is 0.521. The lowest BCUT2D eigenvalue weighted by Crippen LogP contribution is -2.39. The summed E-state index contributed by atoms with van der Waals surface area (Å²) in [7, 11) is 1.78. The standard InChI is InChI=1S/C17H26N4O2S/c1-3-15-12-21-16(24-15)7-9-20-17(18-2)19-8-5-10-22-13-14-6-4-11-23-14/h4,6,11-12H,3,5,7-10,13H2,1-2H3,(H2,18,19,20). The predicted molar refractivity (Wildman–Crippen MR) is 97.5 cm³/mol. The van der Waals surface area contributed by atoms with Crippen molar-refractivity contribution in [1.29, 1.82) is 0 Å². The van der Waals surface area contributed by atoms with Crippen LogP contribution >= 0.6 is 11.3 Å². The van der Waals surface area contributed by atoms with E-state index in [0.29, 0.717) is 13.2 Å². The van der Waals surface area contributed by atoms with Gasteiger partial charge in [0.05, 0.1) is 11.3 Å². The van der Waals surface area contributed by atoms with E-state index in [0.717, 1.165) is 44.1 Å². The zero-order valence-electron chi connectivity index (χ0n) is 14.4. The Kier molecular flexibility index (Phi) is 8.34. The van der Waals surface area contributed by atoms with Crippen molar-refractivity contribution in [3.05, 3.63) is 40.2 Å². The monoisotopic (exact) mass is 350 g/mol. The van der Waals surface area contributed by atoms with E-state index < -0.39 is 0 Å². The van der Waals surface area contributed by atoms with Gasteiger partial charge >= 0.3 is 0 Å².